The summed E-state index contributed by atoms with van der Waals surface area (Å²) in [6.07, 6.45) is -4.35. The quantitative estimate of drug-likeness (QED) is 0.740. The van der Waals surface area contributed by atoms with Crippen molar-refractivity contribution in [1.82, 2.24) is 9.55 Å². The van der Waals surface area contributed by atoms with E-state index in [1.54, 1.807) is 35.9 Å². The molecule has 0 aliphatic carbocycles. The van der Waals surface area contributed by atoms with Gasteiger partial charge in [0, 0.05) is 7.05 Å². The highest BCUT2D eigenvalue weighted by Gasteiger charge is 2.30. The predicted octanol–water partition coefficient (Wildman–Crippen LogP) is 3.84. The smallest absolute Gasteiger partial charge is 0.369 e. The zero-order chi connectivity index (χ0) is 15.2. The van der Waals surface area contributed by atoms with E-state index in [0.29, 0.717) is 22.6 Å². The molecule has 3 rings (SSSR count). The number of imidazole rings is 1. The van der Waals surface area contributed by atoms with E-state index >= 15 is 0 Å². The summed E-state index contributed by atoms with van der Waals surface area (Å²) in [4.78, 5) is 4.19. The Morgan fingerprint density at radius 1 is 1.05 bits per heavy atom. The zero-order valence-corrected chi connectivity index (χ0v) is 11.1. The van der Waals surface area contributed by atoms with Crippen LogP contribution < -0.4 is 5.73 Å². The Morgan fingerprint density at radius 3 is 2.48 bits per heavy atom. The second-order valence-corrected chi connectivity index (χ2v) is 4.81. The maximum Gasteiger partial charge on any atom is 0.416 e. The molecular weight excluding hydrogens is 279 g/mol. The van der Waals surface area contributed by atoms with E-state index in [1.807, 2.05) is 0 Å². The van der Waals surface area contributed by atoms with Gasteiger partial charge in [-0.25, -0.2) is 4.98 Å². The number of nitrogens with zero attached hydrogens (tertiary/aromatic N) is 2. The van der Waals surface area contributed by atoms with Gasteiger partial charge in [0.05, 0.1) is 16.6 Å². The van der Waals surface area contributed by atoms with Gasteiger partial charge >= 0.3 is 6.18 Å². The average Bonchev–Trinajstić information content (AvgIpc) is 2.73. The van der Waals surface area contributed by atoms with Gasteiger partial charge in [-0.05, 0) is 35.4 Å². The second-order valence-electron chi connectivity index (χ2n) is 4.81. The van der Waals surface area contributed by atoms with Crippen molar-refractivity contribution in [3.8, 4) is 11.1 Å². The van der Waals surface area contributed by atoms with Gasteiger partial charge in [-0.15, -0.1) is 0 Å². The van der Waals surface area contributed by atoms with E-state index in [9.17, 15) is 13.2 Å². The SMILES string of the molecule is Cn1c(N)nc2cc(-c3cccc(C(F)(F)F)c3)ccc21. The largest absolute Gasteiger partial charge is 0.416 e. The van der Waals surface area contributed by atoms with Gasteiger partial charge in [-0.2, -0.15) is 13.2 Å². The molecule has 2 aromatic carbocycles. The van der Waals surface area contributed by atoms with Gasteiger partial charge < -0.3 is 10.3 Å². The Labute approximate surface area is 118 Å². The Morgan fingerprint density at radius 2 is 1.76 bits per heavy atom. The summed E-state index contributed by atoms with van der Waals surface area (Å²) in [5.41, 5.74) is 7.72. The molecule has 0 aliphatic heterocycles. The Bertz CT molecular complexity index is 819. The van der Waals surface area contributed by atoms with Crippen LogP contribution in [0.25, 0.3) is 22.2 Å². The van der Waals surface area contributed by atoms with Crippen molar-refractivity contribution in [2.24, 2.45) is 7.05 Å². The summed E-state index contributed by atoms with van der Waals surface area (Å²) in [5.74, 6) is 0.367. The molecule has 0 saturated carbocycles. The lowest BCUT2D eigenvalue weighted by Gasteiger charge is -2.09. The number of halogens is 3. The van der Waals surface area contributed by atoms with E-state index in [4.69, 9.17) is 5.73 Å². The summed E-state index contributed by atoms with van der Waals surface area (Å²) in [7, 11) is 1.79. The Kier molecular flexibility index (Phi) is 2.90. The maximum absolute atomic E-state index is 12.8. The van der Waals surface area contributed by atoms with Crippen LogP contribution in [0.15, 0.2) is 42.5 Å². The fourth-order valence-corrected chi connectivity index (χ4v) is 2.27. The minimum absolute atomic E-state index is 0.367. The molecule has 0 atom stereocenters. The van der Waals surface area contributed by atoms with Crippen molar-refractivity contribution in [2.45, 2.75) is 6.18 Å². The first-order chi connectivity index (χ1) is 9.86. The monoisotopic (exact) mass is 291 g/mol. The molecule has 0 saturated heterocycles. The summed E-state index contributed by atoms with van der Waals surface area (Å²) in [5, 5.41) is 0. The van der Waals surface area contributed by atoms with Crippen LogP contribution in [0.1, 0.15) is 5.56 Å². The molecule has 0 fully saturated rings. The van der Waals surface area contributed by atoms with Crippen LogP contribution in [-0.2, 0) is 13.2 Å². The molecule has 0 bridgehead atoms. The highest BCUT2D eigenvalue weighted by Crippen LogP contribution is 2.33. The summed E-state index contributed by atoms with van der Waals surface area (Å²) < 4.78 is 40.0. The summed E-state index contributed by atoms with van der Waals surface area (Å²) in [6.45, 7) is 0. The van der Waals surface area contributed by atoms with Gasteiger partial charge in [0.2, 0.25) is 5.95 Å². The van der Waals surface area contributed by atoms with E-state index in [2.05, 4.69) is 4.98 Å². The maximum atomic E-state index is 12.8. The number of benzene rings is 2. The summed E-state index contributed by atoms with van der Waals surface area (Å²) >= 11 is 0. The third-order valence-electron chi connectivity index (χ3n) is 3.44. The number of anilines is 1. The number of aromatic nitrogens is 2. The third kappa shape index (κ3) is 2.33. The number of hydrogen-bond donors (Lipinski definition) is 1. The molecule has 3 nitrogen and oxygen atoms in total. The lowest BCUT2D eigenvalue weighted by atomic mass is 10.0. The predicted molar refractivity (Wildman–Crippen MR) is 75.6 cm³/mol. The molecule has 0 amide bonds. The van der Waals surface area contributed by atoms with Crippen LogP contribution in [-0.4, -0.2) is 9.55 Å². The first-order valence-corrected chi connectivity index (χ1v) is 6.26. The second kappa shape index (κ2) is 4.51. The average molecular weight is 291 g/mol. The fraction of sp³-hybridized carbons (Fsp3) is 0.133. The molecule has 21 heavy (non-hydrogen) atoms. The molecule has 0 radical (unpaired) electrons. The van der Waals surface area contributed by atoms with E-state index in [1.165, 1.54) is 6.07 Å². The highest BCUT2D eigenvalue weighted by atomic mass is 19.4. The first kappa shape index (κ1) is 13.5. The number of nitrogens with two attached hydrogens (primary N) is 1. The van der Waals surface area contributed by atoms with Gasteiger partial charge in [0.15, 0.2) is 0 Å². The molecular formula is C15H12F3N3. The van der Waals surface area contributed by atoms with Gasteiger partial charge in [-0.1, -0.05) is 18.2 Å². The van der Waals surface area contributed by atoms with E-state index < -0.39 is 11.7 Å². The van der Waals surface area contributed by atoms with E-state index in [-0.39, 0.29) is 0 Å². The number of aryl methyl sites for hydroxylation is 1. The van der Waals surface area contributed by atoms with Crippen molar-refractivity contribution in [3.05, 3.63) is 48.0 Å². The molecule has 1 heterocycles. The van der Waals surface area contributed by atoms with Crippen LogP contribution in [0.2, 0.25) is 0 Å². The topological polar surface area (TPSA) is 43.8 Å². The van der Waals surface area contributed by atoms with Crippen molar-refractivity contribution < 1.29 is 13.2 Å². The normalized spacial score (nSPS) is 12.0. The standard InChI is InChI=1S/C15H12F3N3/c1-21-13-6-5-10(8-12(13)20-14(21)19)9-3-2-4-11(7-9)15(16,17)18/h2-8H,1H3,(H2,19,20). The number of rotatable bonds is 1. The Hall–Kier alpha value is -2.50. The van der Waals surface area contributed by atoms with Crippen LogP contribution in [0.3, 0.4) is 0 Å². The van der Waals surface area contributed by atoms with E-state index in [0.717, 1.165) is 17.6 Å². The first-order valence-electron chi connectivity index (χ1n) is 6.26. The van der Waals surface area contributed by atoms with Gasteiger partial charge in [0.25, 0.3) is 0 Å². The molecule has 2 N–H and O–H groups in total. The van der Waals surface area contributed by atoms with Crippen LogP contribution in [0.4, 0.5) is 19.1 Å². The van der Waals surface area contributed by atoms with Crippen LogP contribution >= 0.6 is 0 Å². The zero-order valence-electron chi connectivity index (χ0n) is 11.1. The number of hydrogen-bond acceptors (Lipinski definition) is 2. The van der Waals surface area contributed by atoms with Gasteiger partial charge in [0.1, 0.15) is 0 Å². The number of fused-ring (bicyclic) bond motifs is 1. The molecule has 108 valence electrons. The molecule has 0 unspecified atom stereocenters. The Balaban J connectivity index is 2.12. The highest BCUT2D eigenvalue weighted by molar-refractivity contribution is 5.84. The minimum Gasteiger partial charge on any atom is -0.369 e. The number of alkyl halides is 3. The summed E-state index contributed by atoms with van der Waals surface area (Å²) in [6, 6.07) is 10.5. The molecule has 3 aromatic rings. The van der Waals surface area contributed by atoms with Crippen molar-refractivity contribution in [2.75, 3.05) is 5.73 Å². The minimum atomic E-state index is -4.35. The van der Waals surface area contributed by atoms with Crippen molar-refractivity contribution in [3.63, 3.8) is 0 Å². The van der Waals surface area contributed by atoms with Gasteiger partial charge in [-0.3, -0.25) is 0 Å². The van der Waals surface area contributed by atoms with Crippen LogP contribution in [0, 0.1) is 0 Å². The van der Waals surface area contributed by atoms with Crippen molar-refractivity contribution in [1.29, 1.82) is 0 Å². The van der Waals surface area contributed by atoms with Crippen molar-refractivity contribution >= 4 is 17.0 Å². The molecule has 0 aliphatic rings. The lowest BCUT2D eigenvalue weighted by molar-refractivity contribution is -0.137. The fourth-order valence-electron chi connectivity index (χ4n) is 2.27. The lowest BCUT2D eigenvalue weighted by Crippen LogP contribution is -2.04. The molecule has 0 spiro atoms. The third-order valence-corrected chi connectivity index (χ3v) is 3.44. The van der Waals surface area contributed by atoms with Crippen LogP contribution in [0.5, 0.6) is 0 Å². The molecule has 1 aromatic heterocycles. The number of nitrogen functional groups attached to an aromatic ring is 1. The molecule has 6 heteroatoms.